The van der Waals surface area contributed by atoms with Crippen LogP contribution < -0.4 is 30.4 Å². The fourth-order valence-electron chi connectivity index (χ4n) is 3.20. The molecule has 4 rings (SSSR count). The number of aromatic nitrogens is 5. The first kappa shape index (κ1) is 23.9. The number of aliphatic carboxylic acids is 1. The summed E-state index contributed by atoms with van der Waals surface area (Å²) in [6.45, 7) is 1.67. The lowest BCUT2D eigenvalue weighted by atomic mass is 10.1. The van der Waals surface area contributed by atoms with Crippen LogP contribution in [-0.2, 0) is 4.79 Å². The molecule has 0 bridgehead atoms. The van der Waals surface area contributed by atoms with Crippen molar-refractivity contribution in [3.8, 4) is 28.6 Å². The summed E-state index contributed by atoms with van der Waals surface area (Å²) in [7, 11) is 0. The number of hydrogen-bond donors (Lipinski definition) is 3. The largest absolute Gasteiger partial charge is 0.546 e. The first-order valence-corrected chi connectivity index (χ1v) is 10.5. The van der Waals surface area contributed by atoms with Gasteiger partial charge < -0.3 is 25.1 Å². The van der Waals surface area contributed by atoms with Crippen molar-refractivity contribution in [1.29, 1.82) is 0 Å². The number of nitrogens with one attached hydrogen (secondary N) is 2. The summed E-state index contributed by atoms with van der Waals surface area (Å²) in [4.78, 5) is 23.7. The molecule has 0 spiro atoms. The topological polar surface area (TPSA) is 198 Å². The Kier molecular flexibility index (Phi) is 7.14. The number of hydrogen-bond acceptors (Lipinski definition) is 11. The maximum Gasteiger partial charge on any atom is 0.377 e. The summed E-state index contributed by atoms with van der Waals surface area (Å²) < 4.78 is 16.8. The van der Waals surface area contributed by atoms with Crippen LogP contribution in [0.3, 0.4) is 0 Å². The number of carbonyl (C=O) groups excluding carboxylic acids is 2. The predicted octanol–water partition coefficient (Wildman–Crippen LogP) is -0.390. The fraction of sp³-hybridized carbons (Fsp3) is 0.136. The van der Waals surface area contributed by atoms with Gasteiger partial charge in [0.25, 0.3) is 11.5 Å². The van der Waals surface area contributed by atoms with Crippen LogP contribution in [0.15, 0.2) is 58.3 Å². The summed E-state index contributed by atoms with van der Waals surface area (Å²) in [6.07, 6.45) is 1.30. The minimum absolute atomic E-state index is 0.0241. The molecule has 0 saturated heterocycles. The average molecular weight is 492 g/mol. The maximum absolute atomic E-state index is 13.0. The highest BCUT2D eigenvalue weighted by Gasteiger charge is 2.31. The van der Waals surface area contributed by atoms with E-state index >= 15 is 0 Å². The number of aromatic amines is 1. The van der Waals surface area contributed by atoms with E-state index in [0.29, 0.717) is 29.2 Å². The van der Waals surface area contributed by atoms with Crippen LogP contribution >= 0.6 is 0 Å². The molecular weight excluding hydrogens is 472 g/mol. The number of ether oxygens (including phenoxy) is 2. The van der Waals surface area contributed by atoms with Crippen LogP contribution in [0.1, 0.15) is 23.0 Å². The number of carboxylic acid groups (broad SMARTS) is 1. The van der Waals surface area contributed by atoms with Gasteiger partial charge in [0.1, 0.15) is 23.3 Å². The molecular formula is C22H20N8O6. The van der Waals surface area contributed by atoms with E-state index in [-0.39, 0.29) is 23.1 Å². The van der Waals surface area contributed by atoms with Crippen molar-refractivity contribution >= 4 is 23.9 Å². The lowest BCUT2D eigenvalue weighted by Gasteiger charge is -2.08. The third-order valence-electron chi connectivity index (χ3n) is 4.68. The Hall–Kier alpha value is -5.27. The number of benzene rings is 2. The molecule has 0 aliphatic heterocycles. The lowest BCUT2D eigenvalue weighted by Crippen LogP contribution is -2.37. The van der Waals surface area contributed by atoms with Gasteiger partial charge in [0, 0.05) is 11.1 Å². The number of anilines is 1. The molecule has 0 fully saturated rings. The van der Waals surface area contributed by atoms with Gasteiger partial charge in [-0.3, -0.25) is 4.79 Å². The Labute approximate surface area is 203 Å². The third-order valence-corrected chi connectivity index (χ3v) is 4.68. The number of carbonyl (C=O) groups is 2. The Bertz CT molecular complexity index is 1410. The molecule has 2 aromatic heterocycles. The molecule has 0 radical (unpaired) electrons. The number of nitrogens with zero attached hydrogens (tertiary/aromatic N) is 5. The van der Waals surface area contributed by atoms with Crippen LogP contribution in [-0.4, -0.2) is 51.9 Å². The van der Waals surface area contributed by atoms with Crippen LogP contribution in [0.5, 0.6) is 11.5 Å². The van der Waals surface area contributed by atoms with Crippen molar-refractivity contribution in [2.45, 2.75) is 6.92 Å². The van der Waals surface area contributed by atoms with Gasteiger partial charge in [-0.05, 0) is 41.4 Å². The number of hydrazone groups is 1. The molecule has 14 heteroatoms. The molecule has 0 aliphatic carbocycles. The SMILES string of the molecule is CCOc1cccc(-c2c(C(=O)N/N=C/c3ccccc3OCC(=O)[O-])n[nH][n+]2-c2nonc2N)c1. The van der Waals surface area contributed by atoms with Crippen LogP contribution in [0, 0.1) is 0 Å². The number of H-pyrrole nitrogens is 1. The number of rotatable bonds is 10. The molecule has 4 aromatic rings. The molecule has 0 unspecified atom stereocenters. The Balaban J connectivity index is 1.64. The van der Waals surface area contributed by atoms with Gasteiger partial charge in [0.05, 0.1) is 18.8 Å². The highest BCUT2D eigenvalue weighted by molar-refractivity contribution is 5.98. The number of para-hydroxylation sites is 1. The van der Waals surface area contributed by atoms with Gasteiger partial charge in [-0.15, -0.1) is 9.90 Å². The average Bonchev–Trinajstić information content (AvgIpc) is 3.49. The van der Waals surface area contributed by atoms with E-state index in [1.165, 1.54) is 10.9 Å². The second-order valence-corrected chi connectivity index (χ2v) is 7.08. The van der Waals surface area contributed by atoms with Crippen LogP contribution in [0.4, 0.5) is 5.82 Å². The monoisotopic (exact) mass is 492 g/mol. The van der Waals surface area contributed by atoms with Crippen LogP contribution in [0.2, 0.25) is 0 Å². The Morgan fingerprint density at radius 3 is 2.81 bits per heavy atom. The lowest BCUT2D eigenvalue weighted by molar-refractivity contribution is -0.652. The molecule has 1 amide bonds. The minimum Gasteiger partial charge on any atom is -0.546 e. The molecule has 0 aliphatic rings. The first-order chi connectivity index (χ1) is 17.5. The smallest absolute Gasteiger partial charge is 0.377 e. The summed E-state index contributed by atoms with van der Waals surface area (Å²) in [5.74, 6) is -1.14. The summed E-state index contributed by atoms with van der Waals surface area (Å²) >= 11 is 0. The van der Waals surface area contributed by atoms with E-state index in [2.05, 4.69) is 35.8 Å². The van der Waals surface area contributed by atoms with Gasteiger partial charge in [-0.2, -0.15) is 9.73 Å². The van der Waals surface area contributed by atoms with E-state index in [0.717, 1.165) is 0 Å². The summed E-state index contributed by atoms with van der Waals surface area (Å²) in [5.41, 5.74) is 9.49. The number of amides is 1. The highest BCUT2D eigenvalue weighted by atomic mass is 16.6. The van der Waals surface area contributed by atoms with Gasteiger partial charge in [-0.1, -0.05) is 24.3 Å². The number of nitrogen functional groups attached to an aromatic ring is 1. The van der Waals surface area contributed by atoms with Crippen molar-refractivity contribution in [2.24, 2.45) is 5.10 Å². The zero-order chi connectivity index (χ0) is 25.5. The normalized spacial score (nSPS) is 10.9. The second kappa shape index (κ2) is 10.8. The standard InChI is InChI=1S/C22H20N8O6/c1-2-34-15-8-5-7-13(10-15)19-18(25-29-30(19)21-20(23)27-36-28-21)22(33)26-24-11-14-6-3-4-9-16(14)35-12-17(31)32/h3-11H,2,12H2,1H3,(H4,23,26,27,31,32,33)/b24-11+. The highest BCUT2D eigenvalue weighted by Crippen LogP contribution is 2.25. The molecule has 0 atom stereocenters. The molecule has 184 valence electrons. The maximum atomic E-state index is 13.0. The zero-order valence-corrected chi connectivity index (χ0v) is 18.9. The molecule has 14 nitrogen and oxygen atoms in total. The Morgan fingerprint density at radius 1 is 1.22 bits per heavy atom. The predicted molar refractivity (Wildman–Crippen MR) is 121 cm³/mol. The van der Waals surface area contributed by atoms with E-state index in [4.69, 9.17) is 15.2 Å². The van der Waals surface area contributed by atoms with Crippen molar-refractivity contribution < 1.29 is 33.5 Å². The van der Waals surface area contributed by atoms with E-state index in [9.17, 15) is 14.7 Å². The van der Waals surface area contributed by atoms with Gasteiger partial charge in [-0.25, -0.2) is 5.43 Å². The van der Waals surface area contributed by atoms with Gasteiger partial charge in [0.2, 0.25) is 0 Å². The van der Waals surface area contributed by atoms with Gasteiger partial charge >= 0.3 is 11.7 Å². The first-order valence-electron chi connectivity index (χ1n) is 10.5. The summed E-state index contributed by atoms with van der Waals surface area (Å²) in [6, 6.07) is 13.6. The molecule has 2 aromatic carbocycles. The van der Waals surface area contributed by atoms with E-state index in [1.54, 1.807) is 48.5 Å². The molecule has 36 heavy (non-hydrogen) atoms. The Morgan fingerprint density at radius 2 is 2.06 bits per heavy atom. The van der Waals surface area contributed by atoms with Crippen LogP contribution in [0.25, 0.3) is 17.1 Å². The minimum atomic E-state index is -1.37. The van der Waals surface area contributed by atoms with Crippen molar-refractivity contribution in [3.63, 3.8) is 0 Å². The van der Waals surface area contributed by atoms with Crippen molar-refractivity contribution in [1.82, 2.24) is 26.1 Å². The van der Waals surface area contributed by atoms with Crippen molar-refractivity contribution in [3.05, 3.63) is 59.8 Å². The molecule has 0 saturated carbocycles. The van der Waals surface area contributed by atoms with E-state index in [1.807, 2.05) is 6.92 Å². The zero-order valence-electron chi connectivity index (χ0n) is 18.9. The van der Waals surface area contributed by atoms with Crippen molar-refractivity contribution in [2.75, 3.05) is 18.9 Å². The van der Waals surface area contributed by atoms with E-state index < -0.39 is 18.5 Å². The molecule has 4 N–H and O–H groups in total. The van der Waals surface area contributed by atoms with Gasteiger partial charge in [0.15, 0.2) is 5.69 Å². The number of carboxylic acids is 1. The third kappa shape index (κ3) is 5.27. The second-order valence-electron chi connectivity index (χ2n) is 7.08. The number of nitrogens with two attached hydrogens (primary N) is 1. The fourth-order valence-corrected chi connectivity index (χ4v) is 3.20. The summed E-state index contributed by atoms with van der Waals surface area (Å²) in [5, 5.41) is 28.8. The quantitative estimate of drug-likeness (QED) is 0.149. The molecule has 2 heterocycles.